The van der Waals surface area contributed by atoms with Crippen LogP contribution in [0.5, 0.6) is 0 Å². The highest BCUT2D eigenvalue weighted by Gasteiger charge is 2.27. The van der Waals surface area contributed by atoms with Crippen molar-refractivity contribution in [3.63, 3.8) is 0 Å². The molecule has 0 bridgehead atoms. The second-order valence-electron chi connectivity index (χ2n) is 6.27. The third kappa shape index (κ3) is 3.15. The SMILES string of the molecule is CC[C@@H](N=c1c(C)c1N(C(C)C)C(C)C)C(C)C. The number of rotatable bonds is 6. The third-order valence-electron chi connectivity index (χ3n) is 3.73. The summed E-state index contributed by atoms with van der Waals surface area (Å²) in [5, 5.41) is 1.28. The molecular weight excluding hydrogens is 220 g/mol. The normalized spacial score (nSPS) is 15.4. The maximum Gasteiger partial charge on any atom is 0.0865 e. The molecule has 0 saturated heterocycles. The van der Waals surface area contributed by atoms with Crippen LogP contribution < -0.4 is 10.3 Å². The minimum Gasteiger partial charge on any atom is -0.365 e. The van der Waals surface area contributed by atoms with Crippen LogP contribution in [-0.4, -0.2) is 18.1 Å². The molecule has 1 aromatic carbocycles. The van der Waals surface area contributed by atoms with Gasteiger partial charge in [-0.05, 0) is 47.0 Å². The van der Waals surface area contributed by atoms with Crippen molar-refractivity contribution in [3.05, 3.63) is 10.9 Å². The van der Waals surface area contributed by atoms with Crippen molar-refractivity contribution in [2.24, 2.45) is 10.9 Å². The summed E-state index contributed by atoms with van der Waals surface area (Å²) in [5.41, 5.74) is 2.80. The first-order valence-electron chi connectivity index (χ1n) is 7.38. The fourth-order valence-corrected chi connectivity index (χ4v) is 2.72. The largest absolute Gasteiger partial charge is 0.365 e. The van der Waals surface area contributed by atoms with Gasteiger partial charge in [-0.2, -0.15) is 0 Å². The molecule has 0 aliphatic rings. The molecule has 0 saturated carbocycles. The minimum atomic E-state index is 0.466. The van der Waals surface area contributed by atoms with E-state index in [1.54, 1.807) is 0 Å². The van der Waals surface area contributed by atoms with E-state index in [1.165, 1.54) is 16.6 Å². The number of anilines is 1. The fraction of sp³-hybridized carbons (Fsp3) is 0.812. The van der Waals surface area contributed by atoms with Gasteiger partial charge in [0.05, 0.1) is 17.1 Å². The summed E-state index contributed by atoms with van der Waals surface area (Å²) in [4.78, 5) is 7.44. The van der Waals surface area contributed by atoms with Crippen LogP contribution in [-0.2, 0) is 0 Å². The Morgan fingerprint density at radius 1 is 1.00 bits per heavy atom. The van der Waals surface area contributed by atoms with Crippen LogP contribution >= 0.6 is 0 Å². The van der Waals surface area contributed by atoms with E-state index in [9.17, 15) is 0 Å². The summed E-state index contributed by atoms with van der Waals surface area (Å²) in [5.74, 6) is 0.628. The Hall–Kier alpha value is -0.790. The average Bonchev–Trinajstić information content (AvgIpc) is 2.84. The molecule has 0 aromatic heterocycles. The van der Waals surface area contributed by atoms with E-state index in [0.29, 0.717) is 24.0 Å². The maximum absolute atomic E-state index is 4.96. The van der Waals surface area contributed by atoms with Crippen molar-refractivity contribution in [3.8, 4) is 0 Å². The molecule has 2 nitrogen and oxygen atoms in total. The summed E-state index contributed by atoms with van der Waals surface area (Å²) in [6.07, 6.45) is 1.13. The Labute approximate surface area is 113 Å². The van der Waals surface area contributed by atoms with Gasteiger partial charge in [0.15, 0.2) is 0 Å². The average molecular weight is 250 g/mol. The second-order valence-corrected chi connectivity index (χ2v) is 6.27. The van der Waals surface area contributed by atoms with Crippen LogP contribution in [0.15, 0.2) is 4.99 Å². The lowest BCUT2D eigenvalue weighted by atomic mass is 10.0. The van der Waals surface area contributed by atoms with E-state index in [0.717, 1.165) is 6.42 Å². The summed E-state index contributed by atoms with van der Waals surface area (Å²) >= 11 is 0. The van der Waals surface area contributed by atoms with Crippen molar-refractivity contribution in [2.45, 2.75) is 79.9 Å². The van der Waals surface area contributed by atoms with E-state index in [1.807, 2.05) is 0 Å². The van der Waals surface area contributed by atoms with Crippen LogP contribution in [0, 0.1) is 12.8 Å². The van der Waals surface area contributed by atoms with Crippen LogP contribution in [0.2, 0.25) is 0 Å². The van der Waals surface area contributed by atoms with Crippen LogP contribution in [0.1, 0.15) is 60.5 Å². The standard InChI is InChI=1S/C16H30N2/c1-9-14(10(2)3)17-15-13(8)16(15)18(11(4)5)12(6)7/h10-12,14H,9H2,1-8H3/t14-/m1/s1. The van der Waals surface area contributed by atoms with Crippen LogP contribution in [0.4, 0.5) is 5.69 Å². The first-order valence-corrected chi connectivity index (χ1v) is 7.38. The molecule has 1 rings (SSSR count). The number of nitrogens with zero attached hydrogens (tertiary/aromatic N) is 2. The summed E-state index contributed by atoms with van der Waals surface area (Å²) in [6.45, 7) is 18.0. The Balaban J connectivity index is 2.99. The van der Waals surface area contributed by atoms with Crippen LogP contribution in [0.3, 0.4) is 0 Å². The molecule has 18 heavy (non-hydrogen) atoms. The maximum atomic E-state index is 4.96. The van der Waals surface area contributed by atoms with E-state index in [2.05, 4.69) is 60.3 Å². The molecule has 0 amide bonds. The minimum absolute atomic E-state index is 0.466. The first-order chi connectivity index (χ1) is 8.31. The zero-order chi connectivity index (χ0) is 14.0. The Bertz CT molecular complexity index is 384. The quantitative estimate of drug-likeness (QED) is 0.749. The molecule has 0 unspecified atom stereocenters. The van der Waals surface area contributed by atoms with Gasteiger partial charge in [0.25, 0.3) is 0 Å². The summed E-state index contributed by atoms with van der Waals surface area (Å²) in [7, 11) is 0. The van der Waals surface area contributed by atoms with Gasteiger partial charge in [0.2, 0.25) is 0 Å². The van der Waals surface area contributed by atoms with E-state index in [4.69, 9.17) is 4.99 Å². The van der Waals surface area contributed by atoms with E-state index in [-0.39, 0.29) is 0 Å². The van der Waals surface area contributed by atoms with Gasteiger partial charge in [0, 0.05) is 17.6 Å². The Morgan fingerprint density at radius 2 is 1.50 bits per heavy atom. The van der Waals surface area contributed by atoms with Gasteiger partial charge in [0.1, 0.15) is 0 Å². The number of hydrogen-bond donors (Lipinski definition) is 0. The molecule has 0 aliphatic carbocycles. The Kier molecular flexibility index (Phi) is 5.01. The highest BCUT2D eigenvalue weighted by atomic mass is 15.2. The van der Waals surface area contributed by atoms with Crippen LogP contribution in [0.25, 0.3) is 0 Å². The first kappa shape index (κ1) is 15.3. The molecule has 0 fully saturated rings. The molecule has 1 atom stereocenters. The van der Waals surface area contributed by atoms with Gasteiger partial charge >= 0.3 is 0 Å². The monoisotopic (exact) mass is 250 g/mol. The smallest absolute Gasteiger partial charge is 0.0865 e. The van der Waals surface area contributed by atoms with Gasteiger partial charge in [-0.3, -0.25) is 4.99 Å². The molecular formula is C16H30N2. The second kappa shape index (κ2) is 5.90. The van der Waals surface area contributed by atoms with Gasteiger partial charge in [-0.25, -0.2) is 0 Å². The lowest BCUT2D eigenvalue weighted by molar-refractivity contribution is 0.475. The van der Waals surface area contributed by atoms with Gasteiger partial charge in [-0.15, -0.1) is 0 Å². The molecule has 0 N–H and O–H groups in total. The third-order valence-corrected chi connectivity index (χ3v) is 3.73. The molecule has 0 heterocycles. The molecule has 104 valence electrons. The zero-order valence-electron chi connectivity index (χ0n) is 13.4. The fourth-order valence-electron chi connectivity index (χ4n) is 2.72. The summed E-state index contributed by atoms with van der Waals surface area (Å²) in [6, 6.07) is 1.55. The van der Waals surface area contributed by atoms with Gasteiger partial charge in [-0.1, -0.05) is 20.8 Å². The van der Waals surface area contributed by atoms with Crippen molar-refractivity contribution >= 4 is 5.69 Å². The van der Waals surface area contributed by atoms with Crippen molar-refractivity contribution in [1.82, 2.24) is 0 Å². The number of hydrogen-bond acceptors (Lipinski definition) is 2. The molecule has 1 aromatic rings. The highest BCUT2D eigenvalue weighted by molar-refractivity contribution is 5.65. The molecule has 0 aliphatic heterocycles. The topological polar surface area (TPSA) is 15.6 Å². The predicted molar refractivity (Wildman–Crippen MR) is 80.8 cm³/mol. The Morgan fingerprint density at radius 3 is 1.83 bits per heavy atom. The molecule has 2 heteroatoms. The summed E-state index contributed by atoms with van der Waals surface area (Å²) < 4.78 is 0. The van der Waals surface area contributed by atoms with Crippen molar-refractivity contribution in [1.29, 1.82) is 0 Å². The van der Waals surface area contributed by atoms with Crippen molar-refractivity contribution in [2.75, 3.05) is 4.90 Å². The molecule has 0 radical (unpaired) electrons. The van der Waals surface area contributed by atoms with E-state index < -0.39 is 0 Å². The molecule has 0 spiro atoms. The lowest BCUT2D eigenvalue weighted by Crippen LogP contribution is -2.36. The zero-order valence-corrected chi connectivity index (χ0v) is 13.4. The highest BCUT2D eigenvalue weighted by Crippen LogP contribution is 2.26. The van der Waals surface area contributed by atoms with Gasteiger partial charge < -0.3 is 4.90 Å². The lowest BCUT2D eigenvalue weighted by Gasteiger charge is -2.29. The van der Waals surface area contributed by atoms with E-state index >= 15 is 0 Å². The predicted octanol–water partition coefficient (Wildman–Crippen LogP) is 3.83. The van der Waals surface area contributed by atoms with Crippen molar-refractivity contribution < 1.29 is 0 Å².